The largest absolute Gasteiger partial charge is 0.444 e. The second-order valence-electron chi connectivity index (χ2n) is 11.1. The molecular weight excluding hydrogens is 462 g/mol. The number of nitrogens with zero attached hydrogens (tertiary/aromatic N) is 1. The van der Waals surface area contributed by atoms with E-state index in [2.05, 4.69) is 27.9 Å². The molecule has 0 aliphatic carbocycles. The highest BCUT2D eigenvalue weighted by Gasteiger charge is 2.21. The predicted octanol–water partition coefficient (Wildman–Crippen LogP) is 4.76. The van der Waals surface area contributed by atoms with Crippen molar-refractivity contribution in [1.82, 2.24) is 16.0 Å². The summed E-state index contributed by atoms with van der Waals surface area (Å²) in [4.78, 5) is 40.5. The van der Waals surface area contributed by atoms with Gasteiger partial charge >= 0.3 is 12.2 Å². The van der Waals surface area contributed by atoms with Crippen LogP contribution < -0.4 is 21.7 Å². The minimum absolute atomic E-state index is 0.0144. The summed E-state index contributed by atoms with van der Waals surface area (Å²) in [6.45, 7) is 13.6. The smallest absolute Gasteiger partial charge is 0.414 e. The van der Waals surface area contributed by atoms with Crippen molar-refractivity contribution in [2.75, 3.05) is 13.1 Å². The molecule has 0 spiro atoms. The van der Waals surface area contributed by atoms with E-state index in [4.69, 9.17) is 15.2 Å². The summed E-state index contributed by atoms with van der Waals surface area (Å²) < 4.78 is 10.4. The highest BCUT2D eigenvalue weighted by atomic mass is 16.6. The van der Waals surface area contributed by atoms with Crippen LogP contribution >= 0.6 is 0 Å². The van der Waals surface area contributed by atoms with Crippen LogP contribution in [0.15, 0.2) is 4.99 Å². The van der Waals surface area contributed by atoms with Gasteiger partial charge in [-0.15, -0.1) is 0 Å². The lowest BCUT2D eigenvalue weighted by Crippen LogP contribution is -2.47. The van der Waals surface area contributed by atoms with Crippen LogP contribution in [-0.4, -0.2) is 54.4 Å². The highest BCUT2D eigenvalue weighted by Crippen LogP contribution is 2.09. The number of rotatable bonds is 14. The van der Waals surface area contributed by atoms with Crippen molar-refractivity contribution < 1.29 is 23.9 Å². The molecular formula is C26H51N5O5. The van der Waals surface area contributed by atoms with Crippen LogP contribution in [0.1, 0.15) is 113 Å². The molecule has 5 N–H and O–H groups in total. The molecule has 3 amide bonds. The van der Waals surface area contributed by atoms with Gasteiger partial charge in [-0.1, -0.05) is 39.0 Å². The Kier molecular flexibility index (Phi) is 16.8. The van der Waals surface area contributed by atoms with Gasteiger partial charge in [-0.05, 0) is 67.2 Å². The van der Waals surface area contributed by atoms with E-state index in [0.29, 0.717) is 25.9 Å². The Bertz CT molecular complexity index is 651. The standard InChI is InChI=1S/C26H51N5O5/c1-8-9-10-11-13-16-20(27)19-21(32)28-17-14-12-15-18-29-22(30-23(33)35-25(2,3)4)31-24(34)36-26(5,6)7/h20H,8-19,27H2,1-7H3,(H,28,32)(H2,29,30,31,33,34)/t20-/m0/s1. The molecule has 36 heavy (non-hydrogen) atoms. The third-order valence-corrected chi connectivity index (χ3v) is 4.79. The monoisotopic (exact) mass is 513 g/mol. The first kappa shape index (κ1) is 33.6. The molecule has 0 fully saturated rings. The van der Waals surface area contributed by atoms with Gasteiger partial charge < -0.3 is 20.5 Å². The Balaban J connectivity index is 4.36. The van der Waals surface area contributed by atoms with Crippen LogP contribution in [0.3, 0.4) is 0 Å². The maximum Gasteiger partial charge on any atom is 0.414 e. The topological polar surface area (TPSA) is 144 Å². The van der Waals surface area contributed by atoms with Crippen LogP contribution in [0.25, 0.3) is 0 Å². The molecule has 0 radical (unpaired) electrons. The lowest BCUT2D eigenvalue weighted by atomic mass is 10.0. The fourth-order valence-corrected chi connectivity index (χ4v) is 3.17. The molecule has 0 aromatic rings. The second-order valence-corrected chi connectivity index (χ2v) is 11.1. The summed E-state index contributed by atoms with van der Waals surface area (Å²) in [5.41, 5.74) is 4.69. The van der Waals surface area contributed by atoms with E-state index in [9.17, 15) is 14.4 Å². The Labute approximate surface area is 217 Å². The number of nitrogens with two attached hydrogens (primary N) is 1. The summed E-state index contributed by atoms with van der Waals surface area (Å²) in [5.74, 6) is -0.0463. The molecule has 210 valence electrons. The third kappa shape index (κ3) is 22.1. The number of aliphatic imine (C=N–C) groups is 1. The van der Waals surface area contributed by atoms with Gasteiger partial charge in [-0.25, -0.2) is 9.59 Å². The average molecular weight is 514 g/mol. The zero-order valence-electron chi connectivity index (χ0n) is 23.6. The van der Waals surface area contributed by atoms with E-state index in [1.807, 2.05) is 0 Å². The van der Waals surface area contributed by atoms with Crippen LogP contribution in [0, 0.1) is 0 Å². The van der Waals surface area contributed by atoms with E-state index in [1.54, 1.807) is 41.5 Å². The highest BCUT2D eigenvalue weighted by molar-refractivity contribution is 6.01. The number of carbonyl (C=O) groups is 3. The van der Waals surface area contributed by atoms with E-state index in [-0.39, 0.29) is 17.9 Å². The van der Waals surface area contributed by atoms with E-state index in [1.165, 1.54) is 25.7 Å². The molecule has 10 heteroatoms. The molecule has 0 aromatic carbocycles. The fraction of sp³-hybridized carbons (Fsp3) is 0.846. The van der Waals surface area contributed by atoms with E-state index >= 15 is 0 Å². The van der Waals surface area contributed by atoms with Gasteiger partial charge in [0.15, 0.2) is 0 Å². The minimum atomic E-state index is -0.723. The number of amides is 3. The maximum absolute atomic E-state index is 12.1. The Morgan fingerprint density at radius 1 is 0.806 bits per heavy atom. The van der Waals surface area contributed by atoms with Crippen molar-refractivity contribution in [3.63, 3.8) is 0 Å². The Morgan fingerprint density at radius 3 is 1.86 bits per heavy atom. The first-order chi connectivity index (χ1) is 16.7. The second kappa shape index (κ2) is 18.0. The van der Waals surface area contributed by atoms with Gasteiger partial charge in [-0.3, -0.25) is 20.4 Å². The lowest BCUT2D eigenvalue weighted by molar-refractivity contribution is -0.121. The molecule has 0 saturated carbocycles. The van der Waals surface area contributed by atoms with E-state index < -0.39 is 23.4 Å². The summed E-state index contributed by atoms with van der Waals surface area (Å²) >= 11 is 0. The quantitative estimate of drug-likeness (QED) is 0.150. The lowest BCUT2D eigenvalue weighted by Gasteiger charge is -2.22. The normalized spacial score (nSPS) is 12.3. The number of hydrogen-bond acceptors (Lipinski definition) is 7. The SMILES string of the molecule is CCCCCCC[C@H](N)CC(=O)NCCCCCN=C(NC(=O)OC(C)(C)C)NC(=O)OC(C)(C)C. The van der Waals surface area contributed by atoms with Gasteiger partial charge in [0.1, 0.15) is 11.2 Å². The molecule has 0 rings (SSSR count). The summed E-state index contributed by atoms with van der Waals surface area (Å²) in [7, 11) is 0. The first-order valence-electron chi connectivity index (χ1n) is 13.3. The molecule has 0 aliphatic rings. The third-order valence-electron chi connectivity index (χ3n) is 4.79. The molecule has 0 saturated heterocycles. The molecule has 0 bridgehead atoms. The molecule has 10 nitrogen and oxygen atoms in total. The van der Waals surface area contributed by atoms with Gasteiger partial charge in [0.05, 0.1) is 0 Å². The van der Waals surface area contributed by atoms with Gasteiger partial charge in [0, 0.05) is 25.6 Å². The van der Waals surface area contributed by atoms with Crippen molar-refractivity contribution in [3.8, 4) is 0 Å². The molecule has 0 aliphatic heterocycles. The van der Waals surface area contributed by atoms with Gasteiger partial charge in [0.2, 0.25) is 11.9 Å². The number of guanidine groups is 1. The van der Waals surface area contributed by atoms with Gasteiger partial charge in [0.25, 0.3) is 0 Å². The predicted molar refractivity (Wildman–Crippen MR) is 144 cm³/mol. The Morgan fingerprint density at radius 2 is 1.33 bits per heavy atom. The zero-order chi connectivity index (χ0) is 27.6. The van der Waals surface area contributed by atoms with Crippen molar-refractivity contribution in [2.24, 2.45) is 10.7 Å². The molecule has 0 heterocycles. The summed E-state index contributed by atoms with van der Waals surface area (Å²) in [5, 5.41) is 7.83. The fourth-order valence-electron chi connectivity index (χ4n) is 3.17. The van der Waals surface area contributed by atoms with Crippen LogP contribution in [0.5, 0.6) is 0 Å². The number of hydrogen-bond donors (Lipinski definition) is 4. The van der Waals surface area contributed by atoms with Crippen LogP contribution in [0.4, 0.5) is 9.59 Å². The van der Waals surface area contributed by atoms with Crippen LogP contribution in [-0.2, 0) is 14.3 Å². The summed E-state index contributed by atoms with van der Waals surface area (Å²) in [6, 6.07) is -0.0886. The zero-order valence-corrected chi connectivity index (χ0v) is 23.6. The number of alkyl carbamates (subject to hydrolysis) is 2. The Hall–Kier alpha value is -2.36. The van der Waals surface area contributed by atoms with Crippen molar-refractivity contribution >= 4 is 24.1 Å². The number of carbonyl (C=O) groups excluding carboxylic acids is 3. The molecule has 0 aromatic heterocycles. The minimum Gasteiger partial charge on any atom is -0.444 e. The first-order valence-corrected chi connectivity index (χ1v) is 13.3. The number of ether oxygens (including phenoxy) is 2. The van der Waals surface area contributed by atoms with Crippen molar-refractivity contribution in [3.05, 3.63) is 0 Å². The molecule has 0 unspecified atom stereocenters. The van der Waals surface area contributed by atoms with Crippen molar-refractivity contribution in [2.45, 2.75) is 130 Å². The summed E-state index contributed by atoms with van der Waals surface area (Å²) in [6.07, 6.45) is 8.06. The number of unbranched alkanes of at least 4 members (excludes halogenated alkanes) is 6. The van der Waals surface area contributed by atoms with E-state index in [0.717, 1.165) is 25.7 Å². The average Bonchev–Trinajstić information content (AvgIpc) is 2.69. The van der Waals surface area contributed by atoms with Crippen LogP contribution in [0.2, 0.25) is 0 Å². The van der Waals surface area contributed by atoms with Crippen molar-refractivity contribution in [1.29, 1.82) is 0 Å². The van der Waals surface area contributed by atoms with Gasteiger partial charge in [-0.2, -0.15) is 0 Å². The number of nitrogens with one attached hydrogen (secondary N) is 3. The maximum atomic E-state index is 12.1. The molecule has 1 atom stereocenters.